The van der Waals surface area contributed by atoms with Crippen LogP contribution in [-0.4, -0.2) is 9.13 Å². The highest BCUT2D eigenvalue weighted by atomic mass is 15.0. The van der Waals surface area contributed by atoms with E-state index < -0.39 is 0 Å². The van der Waals surface area contributed by atoms with Crippen LogP contribution in [0.3, 0.4) is 0 Å². The Morgan fingerprint density at radius 3 is 0.851 bits per heavy atom. The van der Waals surface area contributed by atoms with Crippen molar-refractivity contribution >= 4 is 43.6 Å². The average Bonchev–Trinajstić information content (AvgIpc) is 4.00. The van der Waals surface area contributed by atoms with Gasteiger partial charge in [0.15, 0.2) is 0 Å². The highest BCUT2D eigenvalue weighted by molar-refractivity contribution is 6.12. The standard InChI is InChI=1S/C72H48N2/c1-3-17-53(18-4-1)61-25-7-11-29-67(61)73-69-31-13-9-27-63(69)65-47-59(41-43-71(65)73)51-37-33-49(34-38-51)55-21-15-23-57(45-55)58-24-16-22-56(46-58)50-35-39-52(40-36-50)60-42-44-72-66(48-60)64-28-10-14-32-70(64)74(72)68-30-12-8-26-62(68)54-19-5-2-6-20-54/h1-48H. The molecular weight excluding hydrogens is 893 g/mol. The van der Waals surface area contributed by atoms with Crippen LogP contribution in [0.25, 0.3) is 133 Å². The van der Waals surface area contributed by atoms with Crippen LogP contribution in [0.1, 0.15) is 0 Å². The fourth-order valence-electron chi connectivity index (χ4n) is 11.4. The molecule has 0 radical (unpaired) electrons. The van der Waals surface area contributed by atoms with Crippen LogP contribution in [0.2, 0.25) is 0 Å². The van der Waals surface area contributed by atoms with E-state index in [0.29, 0.717) is 0 Å². The van der Waals surface area contributed by atoms with Gasteiger partial charge in [-0.25, -0.2) is 0 Å². The fourth-order valence-corrected chi connectivity index (χ4v) is 11.4. The lowest BCUT2D eigenvalue weighted by Crippen LogP contribution is -1.96. The van der Waals surface area contributed by atoms with E-state index in [1.54, 1.807) is 0 Å². The van der Waals surface area contributed by atoms with Gasteiger partial charge in [-0.3, -0.25) is 0 Å². The quantitative estimate of drug-likeness (QED) is 0.136. The zero-order valence-corrected chi connectivity index (χ0v) is 40.6. The van der Waals surface area contributed by atoms with Crippen LogP contribution in [0.15, 0.2) is 291 Å². The Balaban J connectivity index is 0.732. The van der Waals surface area contributed by atoms with Crippen molar-refractivity contribution in [2.75, 3.05) is 0 Å². The van der Waals surface area contributed by atoms with Crippen molar-refractivity contribution in [2.24, 2.45) is 0 Å². The van der Waals surface area contributed by atoms with Crippen LogP contribution in [0, 0.1) is 0 Å². The number of fused-ring (bicyclic) bond motifs is 6. The number of hydrogen-bond acceptors (Lipinski definition) is 0. The van der Waals surface area contributed by atoms with E-state index >= 15 is 0 Å². The first-order chi connectivity index (χ1) is 36.7. The minimum Gasteiger partial charge on any atom is -0.309 e. The van der Waals surface area contributed by atoms with E-state index in [2.05, 4.69) is 300 Å². The summed E-state index contributed by atoms with van der Waals surface area (Å²) in [6, 6.07) is 106. The summed E-state index contributed by atoms with van der Waals surface area (Å²) >= 11 is 0. The van der Waals surface area contributed by atoms with Gasteiger partial charge in [0.2, 0.25) is 0 Å². The fraction of sp³-hybridized carbons (Fsp3) is 0. The number of para-hydroxylation sites is 4. The number of nitrogens with zero attached hydrogens (tertiary/aromatic N) is 2. The normalized spacial score (nSPS) is 11.5. The summed E-state index contributed by atoms with van der Waals surface area (Å²) in [5.74, 6) is 0. The smallest absolute Gasteiger partial charge is 0.0541 e. The molecule has 0 fully saturated rings. The number of rotatable bonds is 9. The van der Waals surface area contributed by atoms with Gasteiger partial charge in [0.25, 0.3) is 0 Å². The van der Waals surface area contributed by atoms with Gasteiger partial charge >= 0.3 is 0 Å². The largest absolute Gasteiger partial charge is 0.309 e. The summed E-state index contributed by atoms with van der Waals surface area (Å²) in [6.07, 6.45) is 0. The first kappa shape index (κ1) is 43.1. The SMILES string of the molecule is c1ccc(-c2ccccc2-n2c3ccccc3c3cc(-c4ccc(-c5cccc(-c6cccc(-c7ccc(-c8ccc9c(c8)c8ccccc8n9-c8ccccc8-c8ccccc8)cc7)c6)c5)cc4)ccc32)cc1. The predicted octanol–water partition coefficient (Wildman–Crippen LogP) is 19.5. The van der Waals surface area contributed by atoms with E-state index in [1.165, 1.54) is 133 Å². The Labute approximate surface area is 431 Å². The molecule has 346 valence electrons. The van der Waals surface area contributed by atoms with Gasteiger partial charge in [-0.15, -0.1) is 0 Å². The summed E-state index contributed by atoms with van der Waals surface area (Å²) < 4.78 is 4.85. The predicted molar refractivity (Wildman–Crippen MR) is 313 cm³/mol. The molecule has 12 aromatic carbocycles. The molecular formula is C72H48N2. The highest BCUT2D eigenvalue weighted by Gasteiger charge is 2.18. The molecule has 0 aliphatic heterocycles. The maximum Gasteiger partial charge on any atom is 0.0541 e. The molecule has 2 nitrogen and oxygen atoms in total. The lowest BCUT2D eigenvalue weighted by Gasteiger charge is -2.14. The first-order valence-corrected chi connectivity index (χ1v) is 25.5. The van der Waals surface area contributed by atoms with Crippen molar-refractivity contribution in [3.05, 3.63) is 291 Å². The molecule has 0 spiro atoms. The van der Waals surface area contributed by atoms with E-state index in [9.17, 15) is 0 Å². The summed E-state index contributed by atoms with van der Waals surface area (Å²) in [5, 5.41) is 4.99. The van der Waals surface area contributed by atoms with Gasteiger partial charge in [-0.1, -0.05) is 231 Å². The molecule has 14 aromatic rings. The minimum absolute atomic E-state index is 1.18. The molecule has 14 rings (SSSR count). The summed E-state index contributed by atoms with van der Waals surface area (Å²) in [4.78, 5) is 0. The average molecular weight is 941 g/mol. The van der Waals surface area contributed by atoms with Crippen molar-refractivity contribution in [3.8, 4) is 89.3 Å². The molecule has 0 atom stereocenters. The maximum atomic E-state index is 2.42. The Morgan fingerprint density at radius 1 is 0.162 bits per heavy atom. The molecule has 0 N–H and O–H groups in total. The van der Waals surface area contributed by atoms with E-state index in [1.807, 2.05) is 0 Å². The van der Waals surface area contributed by atoms with Crippen LogP contribution < -0.4 is 0 Å². The monoisotopic (exact) mass is 940 g/mol. The molecule has 2 heterocycles. The topological polar surface area (TPSA) is 9.86 Å². The Kier molecular flexibility index (Phi) is 10.6. The second-order valence-corrected chi connectivity index (χ2v) is 19.3. The van der Waals surface area contributed by atoms with Gasteiger partial charge in [0, 0.05) is 32.7 Å². The van der Waals surface area contributed by atoms with Gasteiger partial charge in [0.1, 0.15) is 0 Å². The van der Waals surface area contributed by atoms with Gasteiger partial charge in [-0.2, -0.15) is 0 Å². The molecule has 0 amide bonds. The van der Waals surface area contributed by atoms with Crippen LogP contribution in [-0.2, 0) is 0 Å². The first-order valence-electron chi connectivity index (χ1n) is 25.5. The molecule has 0 aliphatic carbocycles. The summed E-state index contributed by atoms with van der Waals surface area (Å²) in [5.41, 5.74) is 24.0. The molecule has 0 saturated carbocycles. The Bertz CT molecular complexity index is 4100. The highest BCUT2D eigenvalue weighted by Crippen LogP contribution is 2.41. The van der Waals surface area contributed by atoms with E-state index in [4.69, 9.17) is 0 Å². The van der Waals surface area contributed by atoms with Crippen molar-refractivity contribution in [2.45, 2.75) is 0 Å². The third-order valence-corrected chi connectivity index (χ3v) is 15.0. The Hall–Kier alpha value is -9.76. The molecule has 0 aliphatic rings. The molecule has 74 heavy (non-hydrogen) atoms. The van der Waals surface area contributed by atoms with Crippen molar-refractivity contribution < 1.29 is 0 Å². The third kappa shape index (κ3) is 7.52. The lowest BCUT2D eigenvalue weighted by molar-refractivity contribution is 1.18. The van der Waals surface area contributed by atoms with Crippen LogP contribution >= 0.6 is 0 Å². The number of aromatic nitrogens is 2. The molecule has 2 heteroatoms. The zero-order chi connectivity index (χ0) is 49.0. The van der Waals surface area contributed by atoms with Crippen LogP contribution in [0.4, 0.5) is 0 Å². The maximum absolute atomic E-state index is 2.42. The molecule has 0 saturated heterocycles. The third-order valence-electron chi connectivity index (χ3n) is 15.0. The van der Waals surface area contributed by atoms with Gasteiger partial charge in [0.05, 0.1) is 33.4 Å². The number of hydrogen-bond donors (Lipinski definition) is 0. The van der Waals surface area contributed by atoms with Crippen LogP contribution in [0.5, 0.6) is 0 Å². The van der Waals surface area contributed by atoms with E-state index in [-0.39, 0.29) is 0 Å². The molecule has 2 aromatic heterocycles. The van der Waals surface area contributed by atoms with Crippen molar-refractivity contribution in [1.29, 1.82) is 0 Å². The lowest BCUT2D eigenvalue weighted by atomic mass is 9.94. The summed E-state index contributed by atoms with van der Waals surface area (Å²) in [7, 11) is 0. The molecule has 0 bridgehead atoms. The van der Waals surface area contributed by atoms with Gasteiger partial charge < -0.3 is 9.13 Å². The van der Waals surface area contributed by atoms with Gasteiger partial charge in [-0.05, 0) is 127 Å². The summed E-state index contributed by atoms with van der Waals surface area (Å²) in [6.45, 7) is 0. The minimum atomic E-state index is 1.18. The van der Waals surface area contributed by atoms with E-state index in [0.717, 1.165) is 0 Å². The molecule has 0 unspecified atom stereocenters. The second-order valence-electron chi connectivity index (χ2n) is 19.3. The van der Waals surface area contributed by atoms with Crippen molar-refractivity contribution in [3.63, 3.8) is 0 Å². The zero-order valence-electron chi connectivity index (χ0n) is 40.6. The Morgan fingerprint density at radius 2 is 0.446 bits per heavy atom. The number of benzene rings is 12. The second kappa shape index (κ2) is 18.1. The van der Waals surface area contributed by atoms with Crippen molar-refractivity contribution in [1.82, 2.24) is 9.13 Å².